The molecular weight excluding hydrogens is 284 g/mol. The van der Waals surface area contributed by atoms with Crippen molar-refractivity contribution in [2.45, 2.75) is 51.7 Å². The lowest BCUT2D eigenvalue weighted by molar-refractivity contribution is 0.0188. The zero-order valence-electron chi connectivity index (χ0n) is 13.2. The minimum absolute atomic E-state index is 0.188. The van der Waals surface area contributed by atoms with Crippen LogP contribution in [0.3, 0.4) is 0 Å². The number of ether oxygens (including phenoxy) is 1. The van der Waals surface area contributed by atoms with Gasteiger partial charge >= 0.3 is 6.09 Å². The molecule has 0 aliphatic carbocycles. The second-order valence-electron chi connectivity index (χ2n) is 6.55. The predicted molar refractivity (Wildman–Crippen MR) is 86.9 cm³/mol. The summed E-state index contributed by atoms with van der Waals surface area (Å²) in [4.78, 5) is 15.3. The van der Waals surface area contributed by atoms with Crippen molar-refractivity contribution in [3.8, 4) is 0 Å². The number of carbonyl (C=O) groups excluding carboxylic acids is 1. The molecule has 1 amide bonds. The average Bonchev–Trinajstić information content (AvgIpc) is 2.90. The van der Waals surface area contributed by atoms with Gasteiger partial charge in [0, 0.05) is 30.6 Å². The highest BCUT2D eigenvalue weighted by Gasteiger charge is 2.27. The molecule has 0 aromatic carbocycles. The van der Waals surface area contributed by atoms with Crippen LogP contribution in [-0.4, -0.2) is 42.3 Å². The van der Waals surface area contributed by atoms with E-state index in [1.807, 2.05) is 25.7 Å². The Labute approximate surface area is 131 Å². The zero-order chi connectivity index (χ0) is 15.3. The van der Waals surface area contributed by atoms with Crippen LogP contribution in [0.15, 0.2) is 17.5 Å². The molecule has 1 aromatic rings. The topological polar surface area (TPSA) is 41.6 Å². The van der Waals surface area contributed by atoms with Crippen molar-refractivity contribution >= 4 is 17.4 Å². The van der Waals surface area contributed by atoms with Gasteiger partial charge in [0.15, 0.2) is 0 Å². The van der Waals surface area contributed by atoms with Gasteiger partial charge in [-0.1, -0.05) is 6.07 Å². The van der Waals surface area contributed by atoms with Gasteiger partial charge in [-0.25, -0.2) is 4.79 Å². The maximum atomic E-state index is 12.1. The number of hydrogen-bond donors (Lipinski definition) is 1. The van der Waals surface area contributed by atoms with Crippen LogP contribution in [0.2, 0.25) is 0 Å². The number of piperidine rings is 1. The van der Waals surface area contributed by atoms with E-state index in [9.17, 15) is 4.79 Å². The van der Waals surface area contributed by atoms with Gasteiger partial charge in [-0.3, -0.25) is 0 Å². The van der Waals surface area contributed by atoms with E-state index < -0.39 is 5.60 Å². The predicted octanol–water partition coefficient (Wildman–Crippen LogP) is 3.28. The van der Waals surface area contributed by atoms with Gasteiger partial charge in [0.1, 0.15) is 5.60 Å². The first kappa shape index (κ1) is 16.3. The molecule has 0 bridgehead atoms. The average molecular weight is 310 g/mol. The SMILES string of the molecule is CC(C)(C)OC(=O)N1CCC[C@@H](NCCc2cccs2)C1. The van der Waals surface area contributed by atoms with Gasteiger partial charge in [0.05, 0.1) is 0 Å². The third kappa shape index (κ3) is 5.67. The second-order valence-corrected chi connectivity index (χ2v) is 7.58. The lowest BCUT2D eigenvalue weighted by Gasteiger charge is -2.34. The third-order valence-corrected chi connectivity index (χ3v) is 4.39. The number of nitrogens with zero attached hydrogens (tertiary/aromatic N) is 1. The van der Waals surface area contributed by atoms with Crippen LogP contribution in [0, 0.1) is 0 Å². The number of hydrogen-bond acceptors (Lipinski definition) is 4. The number of nitrogens with one attached hydrogen (secondary N) is 1. The highest BCUT2D eigenvalue weighted by molar-refractivity contribution is 7.09. The third-order valence-electron chi connectivity index (χ3n) is 3.46. The summed E-state index contributed by atoms with van der Waals surface area (Å²) in [6.07, 6.45) is 3.03. The molecule has 1 fully saturated rings. The molecule has 0 spiro atoms. The van der Waals surface area contributed by atoms with Crippen LogP contribution in [0.1, 0.15) is 38.5 Å². The van der Waals surface area contributed by atoms with Gasteiger partial charge in [-0.05, 0) is 51.5 Å². The summed E-state index contributed by atoms with van der Waals surface area (Å²) < 4.78 is 5.45. The summed E-state index contributed by atoms with van der Waals surface area (Å²) >= 11 is 1.80. The molecule has 5 heteroatoms. The first-order valence-corrected chi connectivity index (χ1v) is 8.56. The van der Waals surface area contributed by atoms with Crippen molar-refractivity contribution in [2.24, 2.45) is 0 Å². The molecule has 1 saturated heterocycles. The molecule has 1 aliphatic heterocycles. The van der Waals surface area contributed by atoms with E-state index in [1.165, 1.54) is 4.88 Å². The number of amides is 1. The van der Waals surface area contributed by atoms with E-state index in [1.54, 1.807) is 11.3 Å². The number of thiophene rings is 1. The molecule has 21 heavy (non-hydrogen) atoms. The molecule has 1 aliphatic rings. The molecule has 0 radical (unpaired) electrons. The standard InChI is InChI=1S/C16H26N2O2S/c1-16(2,3)20-15(19)18-10-4-6-13(12-18)17-9-8-14-7-5-11-21-14/h5,7,11,13,17H,4,6,8-10,12H2,1-3H3/t13-/m1/s1. The molecule has 1 aromatic heterocycles. The van der Waals surface area contributed by atoms with Crippen molar-refractivity contribution < 1.29 is 9.53 Å². The Morgan fingerprint density at radius 2 is 2.33 bits per heavy atom. The first-order chi connectivity index (χ1) is 9.94. The molecule has 2 heterocycles. The highest BCUT2D eigenvalue weighted by Crippen LogP contribution is 2.15. The monoisotopic (exact) mass is 310 g/mol. The van der Waals surface area contributed by atoms with Crippen LogP contribution in [0.25, 0.3) is 0 Å². The Hall–Kier alpha value is -1.07. The quantitative estimate of drug-likeness (QED) is 0.928. The summed E-state index contributed by atoms with van der Waals surface area (Å²) in [6, 6.07) is 4.64. The summed E-state index contributed by atoms with van der Waals surface area (Å²) in [7, 11) is 0. The molecule has 1 atom stereocenters. The molecule has 1 N–H and O–H groups in total. The van der Waals surface area contributed by atoms with Crippen molar-refractivity contribution in [3.05, 3.63) is 22.4 Å². The normalized spacial score (nSPS) is 19.6. The maximum Gasteiger partial charge on any atom is 0.410 e. The van der Waals surface area contributed by atoms with E-state index in [-0.39, 0.29) is 6.09 Å². The molecular formula is C16H26N2O2S. The molecule has 118 valence electrons. The molecule has 0 saturated carbocycles. The van der Waals surface area contributed by atoms with Crippen LogP contribution in [0.5, 0.6) is 0 Å². The van der Waals surface area contributed by atoms with E-state index >= 15 is 0 Å². The lowest BCUT2D eigenvalue weighted by Crippen LogP contribution is -2.49. The minimum Gasteiger partial charge on any atom is -0.444 e. The zero-order valence-corrected chi connectivity index (χ0v) is 14.0. The first-order valence-electron chi connectivity index (χ1n) is 7.68. The van der Waals surface area contributed by atoms with E-state index in [4.69, 9.17) is 4.74 Å². The number of rotatable bonds is 4. The number of likely N-dealkylation sites (tertiary alicyclic amines) is 1. The Bertz CT molecular complexity index is 440. The lowest BCUT2D eigenvalue weighted by atomic mass is 10.1. The van der Waals surface area contributed by atoms with Crippen molar-refractivity contribution in [1.82, 2.24) is 10.2 Å². The van der Waals surface area contributed by atoms with Gasteiger partial charge in [0.25, 0.3) is 0 Å². The van der Waals surface area contributed by atoms with Gasteiger partial charge in [-0.15, -0.1) is 11.3 Å². The molecule has 4 nitrogen and oxygen atoms in total. The van der Waals surface area contributed by atoms with Crippen molar-refractivity contribution in [2.75, 3.05) is 19.6 Å². The van der Waals surface area contributed by atoms with E-state index in [0.717, 1.165) is 38.9 Å². The second kappa shape index (κ2) is 7.27. The highest BCUT2D eigenvalue weighted by atomic mass is 32.1. The van der Waals surface area contributed by atoms with E-state index in [0.29, 0.717) is 6.04 Å². The summed E-state index contributed by atoms with van der Waals surface area (Å²) in [5.74, 6) is 0. The Morgan fingerprint density at radius 3 is 3.00 bits per heavy atom. The van der Waals surface area contributed by atoms with Crippen LogP contribution in [-0.2, 0) is 11.2 Å². The van der Waals surface area contributed by atoms with Crippen LogP contribution in [0.4, 0.5) is 4.79 Å². The van der Waals surface area contributed by atoms with Crippen LogP contribution < -0.4 is 5.32 Å². The fourth-order valence-corrected chi connectivity index (χ4v) is 3.20. The summed E-state index contributed by atoms with van der Waals surface area (Å²) in [6.45, 7) is 8.24. The summed E-state index contributed by atoms with van der Waals surface area (Å²) in [5, 5.41) is 5.68. The largest absolute Gasteiger partial charge is 0.444 e. The van der Waals surface area contributed by atoms with Gasteiger partial charge in [0.2, 0.25) is 0 Å². The van der Waals surface area contributed by atoms with Crippen molar-refractivity contribution in [3.63, 3.8) is 0 Å². The maximum absolute atomic E-state index is 12.1. The van der Waals surface area contributed by atoms with Gasteiger partial charge in [-0.2, -0.15) is 0 Å². The molecule has 0 unspecified atom stereocenters. The van der Waals surface area contributed by atoms with Gasteiger partial charge < -0.3 is 15.0 Å². The minimum atomic E-state index is -0.420. The van der Waals surface area contributed by atoms with Crippen LogP contribution >= 0.6 is 11.3 Å². The Morgan fingerprint density at radius 1 is 1.52 bits per heavy atom. The Kier molecular flexibility index (Phi) is 5.65. The molecule has 2 rings (SSSR count). The fraction of sp³-hybridized carbons (Fsp3) is 0.688. The number of carbonyl (C=O) groups is 1. The van der Waals surface area contributed by atoms with Crippen molar-refractivity contribution in [1.29, 1.82) is 0 Å². The van der Waals surface area contributed by atoms with E-state index in [2.05, 4.69) is 22.8 Å². The smallest absolute Gasteiger partial charge is 0.410 e. The summed E-state index contributed by atoms with van der Waals surface area (Å²) in [5.41, 5.74) is -0.420. The fourth-order valence-electron chi connectivity index (χ4n) is 2.49. The Balaban J connectivity index is 1.74.